The summed E-state index contributed by atoms with van der Waals surface area (Å²) < 4.78 is 0. The normalized spacial score (nSPS) is 17.9. The summed E-state index contributed by atoms with van der Waals surface area (Å²) in [5.41, 5.74) is 4.64. The van der Waals surface area contributed by atoms with Gasteiger partial charge in [0.15, 0.2) is 0 Å². The molecule has 0 saturated carbocycles. The number of benzene rings is 1. The Morgan fingerprint density at radius 1 is 1.10 bits per heavy atom. The van der Waals surface area contributed by atoms with Gasteiger partial charge in [0.25, 0.3) is 0 Å². The lowest BCUT2D eigenvalue weighted by Gasteiger charge is -2.36. The van der Waals surface area contributed by atoms with E-state index in [9.17, 15) is 0 Å². The highest BCUT2D eigenvalue weighted by atomic mass is 15.1. The van der Waals surface area contributed by atoms with Crippen molar-refractivity contribution in [2.45, 2.75) is 58.9 Å². The van der Waals surface area contributed by atoms with Crippen molar-refractivity contribution in [3.63, 3.8) is 0 Å². The summed E-state index contributed by atoms with van der Waals surface area (Å²) in [7, 11) is 2.21. The Morgan fingerprint density at radius 3 is 2.43 bits per heavy atom. The Kier molecular flexibility index (Phi) is 6.10. The van der Waals surface area contributed by atoms with E-state index >= 15 is 0 Å². The second-order valence-electron chi connectivity index (χ2n) is 6.36. The molecule has 2 heteroatoms. The second-order valence-corrected chi connectivity index (χ2v) is 6.36. The molecule has 2 nitrogen and oxygen atoms in total. The molecule has 1 aliphatic carbocycles. The first-order chi connectivity index (χ1) is 10.2. The molecule has 2 rings (SSSR count). The zero-order valence-corrected chi connectivity index (χ0v) is 14.4. The van der Waals surface area contributed by atoms with Gasteiger partial charge in [0.1, 0.15) is 0 Å². The van der Waals surface area contributed by atoms with Crippen LogP contribution in [0.3, 0.4) is 0 Å². The first kappa shape index (κ1) is 16.4. The van der Waals surface area contributed by atoms with E-state index in [0.717, 1.165) is 12.6 Å². The molecule has 0 fully saturated rings. The fourth-order valence-electron chi connectivity index (χ4n) is 3.66. The maximum atomic E-state index is 2.72. The lowest BCUT2D eigenvalue weighted by molar-refractivity contribution is 0.180. The molecule has 0 aromatic heterocycles. The fraction of sp³-hybridized carbons (Fsp3) is 0.684. The average Bonchev–Trinajstić information content (AvgIpc) is 2.52. The molecule has 0 N–H and O–H groups in total. The molecule has 118 valence electrons. The lowest BCUT2D eigenvalue weighted by atomic mass is 9.86. The molecule has 21 heavy (non-hydrogen) atoms. The molecular weight excluding hydrogens is 256 g/mol. The minimum absolute atomic E-state index is 0.750. The van der Waals surface area contributed by atoms with Crippen LogP contribution in [0.1, 0.15) is 51.2 Å². The molecule has 0 amide bonds. The van der Waals surface area contributed by atoms with Gasteiger partial charge in [-0.05, 0) is 69.3 Å². The number of fused-ring (bicyclic) bond motifs is 1. The molecule has 1 atom stereocenters. The molecule has 0 saturated heterocycles. The Balaban J connectivity index is 2.16. The van der Waals surface area contributed by atoms with Crippen LogP contribution in [0.5, 0.6) is 0 Å². The van der Waals surface area contributed by atoms with Gasteiger partial charge in [0.05, 0.1) is 0 Å². The second kappa shape index (κ2) is 7.84. The molecule has 1 aromatic carbocycles. The van der Waals surface area contributed by atoms with Crippen molar-refractivity contribution in [3.8, 4) is 0 Å². The van der Waals surface area contributed by atoms with Crippen LogP contribution >= 0.6 is 0 Å². The summed E-state index contributed by atoms with van der Waals surface area (Å²) in [6, 6.07) is 7.63. The number of hydrogen-bond donors (Lipinski definition) is 0. The van der Waals surface area contributed by atoms with Gasteiger partial charge in [0.2, 0.25) is 0 Å². The van der Waals surface area contributed by atoms with Gasteiger partial charge >= 0.3 is 0 Å². The van der Waals surface area contributed by atoms with Gasteiger partial charge in [0, 0.05) is 25.3 Å². The molecule has 1 unspecified atom stereocenters. The highest BCUT2D eigenvalue weighted by Gasteiger charge is 2.25. The van der Waals surface area contributed by atoms with Crippen LogP contribution in [0.15, 0.2) is 18.2 Å². The van der Waals surface area contributed by atoms with E-state index in [2.05, 4.69) is 55.8 Å². The largest absolute Gasteiger partial charge is 0.375 e. The minimum Gasteiger partial charge on any atom is -0.375 e. The summed E-state index contributed by atoms with van der Waals surface area (Å²) in [5, 5.41) is 0. The molecule has 1 aromatic rings. The van der Waals surface area contributed by atoms with E-state index < -0.39 is 0 Å². The van der Waals surface area contributed by atoms with Crippen molar-refractivity contribution in [2.24, 2.45) is 0 Å². The third kappa shape index (κ3) is 3.79. The standard InChI is InChI=1S/C19H32N2/c1-5-13-21(14-6-2)17-11-12-18-16(15-17)9-8-10-19(18)20(4)7-3/h8-10,17H,5-7,11-15H2,1-4H3. The molecule has 0 aliphatic heterocycles. The molecule has 1 aliphatic rings. The van der Waals surface area contributed by atoms with Crippen LogP contribution < -0.4 is 4.90 Å². The van der Waals surface area contributed by atoms with E-state index in [0.29, 0.717) is 0 Å². The number of nitrogens with zero attached hydrogens (tertiary/aromatic N) is 2. The van der Waals surface area contributed by atoms with Crippen LogP contribution in [-0.4, -0.2) is 37.6 Å². The Bertz CT molecular complexity index is 435. The zero-order chi connectivity index (χ0) is 15.2. The highest BCUT2D eigenvalue weighted by molar-refractivity contribution is 5.57. The van der Waals surface area contributed by atoms with Gasteiger partial charge < -0.3 is 9.80 Å². The maximum Gasteiger partial charge on any atom is 0.0398 e. The lowest BCUT2D eigenvalue weighted by Crippen LogP contribution is -2.40. The first-order valence-electron chi connectivity index (χ1n) is 8.77. The molecule has 0 radical (unpaired) electrons. The summed E-state index contributed by atoms with van der Waals surface area (Å²) in [6.45, 7) is 10.4. The van der Waals surface area contributed by atoms with Gasteiger partial charge in [-0.2, -0.15) is 0 Å². The van der Waals surface area contributed by atoms with Crippen LogP contribution in [0, 0.1) is 0 Å². The van der Waals surface area contributed by atoms with E-state index in [1.165, 1.54) is 50.9 Å². The maximum absolute atomic E-state index is 2.72. The van der Waals surface area contributed by atoms with Crippen LogP contribution in [0.4, 0.5) is 5.69 Å². The SMILES string of the molecule is CCCN(CCC)C1CCc2c(cccc2N(C)CC)C1. The summed E-state index contributed by atoms with van der Waals surface area (Å²) in [6.07, 6.45) is 6.33. The minimum atomic E-state index is 0.750. The Hall–Kier alpha value is -1.02. The van der Waals surface area contributed by atoms with Crippen molar-refractivity contribution in [3.05, 3.63) is 29.3 Å². The molecular formula is C19H32N2. The highest BCUT2D eigenvalue weighted by Crippen LogP contribution is 2.31. The first-order valence-corrected chi connectivity index (χ1v) is 8.77. The zero-order valence-electron chi connectivity index (χ0n) is 14.4. The number of rotatable bonds is 7. The van der Waals surface area contributed by atoms with Crippen LogP contribution in [0.2, 0.25) is 0 Å². The van der Waals surface area contributed by atoms with Crippen molar-refractivity contribution in [1.29, 1.82) is 0 Å². The van der Waals surface area contributed by atoms with Crippen molar-refractivity contribution in [1.82, 2.24) is 4.90 Å². The van der Waals surface area contributed by atoms with E-state index in [-0.39, 0.29) is 0 Å². The monoisotopic (exact) mass is 288 g/mol. The summed E-state index contributed by atoms with van der Waals surface area (Å²) in [5.74, 6) is 0. The van der Waals surface area contributed by atoms with E-state index in [1.807, 2.05) is 0 Å². The van der Waals surface area contributed by atoms with Crippen molar-refractivity contribution >= 4 is 5.69 Å². The average molecular weight is 288 g/mol. The number of anilines is 1. The van der Waals surface area contributed by atoms with E-state index in [1.54, 1.807) is 11.1 Å². The smallest absolute Gasteiger partial charge is 0.0398 e. The molecule has 0 heterocycles. The molecule has 0 bridgehead atoms. The van der Waals surface area contributed by atoms with Crippen LogP contribution in [0.25, 0.3) is 0 Å². The predicted molar refractivity (Wildman–Crippen MR) is 93.4 cm³/mol. The quantitative estimate of drug-likeness (QED) is 0.744. The molecule has 0 spiro atoms. The van der Waals surface area contributed by atoms with E-state index in [4.69, 9.17) is 0 Å². The third-order valence-corrected chi connectivity index (χ3v) is 4.86. The van der Waals surface area contributed by atoms with Gasteiger partial charge in [-0.15, -0.1) is 0 Å². The van der Waals surface area contributed by atoms with Crippen molar-refractivity contribution in [2.75, 3.05) is 31.6 Å². The summed E-state index contributed by atoms with van der Waals surface area (Å²) >= 11 is 0. The summed E-state index contributed by atoms with van der Waals surface area (Å²) in [4.78, 5) is 5.11. The fourth-order valence-corrected chi connectivity index (χ4v) is 3.66. The van der Waals surface area contributed by atoms with Gasteiger partial charge in [-0.1, -0.05) is 26.0 Å². The van der Waals surface area contributed by atoms with Crippen LogP contribution in [-0.2, 0) is 12.8 Å². The van der Waals surface area contributed by atoms with Gasteiger partial charge in [-0.25, -0.2) is 0 Å². The Morgan fingerprint density at radius 2 is 1.81 bits per heavy atom. The number of hydrogen-bond acceptors (Lipinski definition) is 2. The third-order valence-electron chi connectivity index (χ3n) is 4.86. The predicted octanol–water partition coefficient (Wildman–Crippen LogP) is 4.12. The Labute approximate surface area is 131 Å². The topological polar surface area (TPSA) is 6.48 Å². The van der Waals surface area contributed by atoms with Crippen molar-refractivity contribution < 1.29 is 0 Å². The van der Waals surface area contributed by atoms with Gasteiger partial charge in [-0.3, -0.25) is 0 Å².